The lowest BCUT2D eigenvalue weighted by Gasteiger charge is -2.18. The summed E-state index contributed by atoms with van der Waals surface area (Å²) < 4.78 is 28.4. The monoisotopic (exact) mass is 414 g/mol. The van der Waals surface area contributed by atoms with Crippen LogP contribution in [0.5, 0.6) is 5.75 Å². The zero-order valence-electron chi connectivity index (χ0n) is 15.5. The summed E-state index contributed by atoms with van der Waals surface area (Å²) in [4.78, 5) is -0.131. The molecule has 0 aromatic heterocycles. The molecule has 6 nitrogen and oxygen atoms in total. The lowest BCUT2D eigenvalue weighted by molar-refractivity contribution is 0.169. The Morgan fingerprint density at radius 3 is 2.44 bits per heavy atom. The summed E-state index contributed by atoms with van der Waals surface area (Å²) in [6.45, 7) is 2.37. The quantitative estimate of drug-likeness (QED) is 0.584. The van der Waals surface area contributed by atoms with Gasteiger partial charge < -0.3 is 15.2 Å². The second kappa shape index (κ2) is 10.6. The van der Waals surface area contributed by atoms with E-state index in [4.69, 9.17) is 9.88 Å². The van der Waals surface area contributed by atoms with Gasteiger partial charge in [0, 0.05) is 12.6 Å². The van der Waals surface area contributed by atoms with Crippen LogP contribution in [0.15, 0.2) is 53.4 Å². The topological polar surface area (TPSA) is 102 Å². The van der Waals surface area contributed by atoms with Crippen LogP contribution in [0.3, 0.4) is 0 Å². The van der Waals surface area contributed by atoms with Crippen molar-refractivity contribution in [3.8, 4) is 5.75 Å². The Labute approximate surface area is 167 Å². The Kier molecular flexibility index (Phi) is 9.21. The molecule has 0 saturated heterocycles. The molecule has 2 unspecified atom stereocenters. The lowest BCUT2D eigenvalue weighted by Crippen LogP contribution is -2.31. The Balaban J connectivity index is 0.00000364. The standard InChI is InChI=1S/C19H26N2O4S.ClH/c1-14(8-9-15-6-4-3-5-7-15)21-13-17(22)16-10-11-18(25-2)19(12-16)26(20,23)24;/h3-7,10-12,14,17,21-22H,8-9,13H2,1-2H3,(H2,20,23,24);1H. The molecule has 0 radical (unpaired) electrons. The van der Waals surface area contributed by atoms with Crippen molar-refractivity contribution in [3.63, 3.8) is 0 Å². The van der Waals surface area contributed by atoms with Gasteiger partial charge in [-0.25, -0.2) is 13.6 Å². The van der Waals surface area contributed by atoms with Crippen LogP contribution in [0.4, 0.5) is 0 Å². The first-order valence-corrected chi connectivity index (χ1v) is 10.0. The fraction of sp³-hybridized carbons (Fsp3) is 0.368. The molecule has 27 heavy (non-hydrogen) atoms. The number of methoxy groups -OCH3 is 1. The highest BCUT2D eigenvalue weighted by atomic mass is 35.5. The number of benzene rings is 2. The number of aryl methyl sites for hydroxylation is 1. The normalized spacial score (nSPS) is 13.5. The van der Waals surface area contributed by atoms with Gasteiger partial charge >= 0.3 is 0 Å². The van der Waals surface area contributed by atoms with Gasteiger partial charge in [-0.1, -0.05) is 36.4 Å². The Morgan fingerprint density at radius 2 is 1.85 bits per heavy atom. The number of rotatable bonds is 9. The van der Waals surface area contributed by atoms with Crippen LogP contribution in [-0.4, -0.2) is 33.2 Å². The Bertz CT molecular complexity index is 816. The molecule has 2 rings (SSSR count). The molecule has 2 aromatic carbocycles. The van der Waals surface area contributed by atoms with Crippen molar-refractivity contribution in [2.75, 3.05) is 13.7 Å². The first-order chi connectivity index (χ1) is 12.3. The van der Waals surface area contributed by atoms with Crippen molar-refractivity contribution in [1.29, 1.82) is 0 Å². The van der Waals surface area contributed by atoms with Crippen molar-refractivity contribution in [3.05, 3.63) is 59.7 Å². The van der Waals surface area contributed by atoms with E-state index in [1.165, 1.54) is 24.8 Å². The van der Waals surface area contributed by atoms with E-state index in [0.29, 0.717) is 12.1 Å². The van der Waals surface area contributed by atoms with Gasteiger partial charge in [-0.15, -0.1) is 12.4 Å². The van der Waals surface area contributed by atoms with E-state index in [9.17, 15) is 13.5 Å². The lowest BCUT2D eigenvalue weighted by atomic mass is 10.1. The van der Waals surface area contributed by atoms with Gasteiger partial charge in [0.15, 0.2) is 0 Å². The SMILES string of the molecule is COc1ccc(C(O)CNC(C)CCc2ccccc2)cc1S(N)(=O)=O.Cl. The summed E-state index contributed by atoms with van der Waals surface area (Å²) >= 11 is 0. The Morgan fingerprint density at radius 1 is 1.19 bits per heavy atom. The van der Waals surface area contributed by atoms with Crippen molar-refractivity contribution in [2.45, 2.75) is 36.8 Å². The molecular weight excluding hydrogens is 388 g/mol. The average Bonchev–Trinajstić information content (AvgIpc) is 2.64. The van der Waals surface area contributed by atoms with E-state index in [1.54, 1.807) is 6.07 Å². The largest absolute Gasteiger partial charge is 0.495 e. The van der Waals surface area contributed by atoms with Gasteiger partial charge in [0.05, 0.1) is 13.2 Å². The maximum absolute atomic E-state index is 11.7. The average molecular weight is 415 g/mol. The molecule has 0 fully saturated rings. The molecule has 4 N–H and O–H groups in total. The summed E-state index contributed by atoms with van der Waals surface area (Å²) in [6, 6.07) is 14.9. The van der Waals surface area contributed by atoms with E-state index in [-0.39, 0.29) is 29.1 Å². The number of halogens is 1. The van der Waals surface area contributed by atoms with Gasteiger partial charge in [0.2, 0.25) is 10.0 Å². The van der Waals surface area contributed by atoms with Crippen molar-refractivity contribution in [2.24, 2.45) is 5.14 Å². The number of ether oxygens (including phenoxy) is 1. The van der Waals surface area contributed by atoms with Crippen LogP contribution in [-0.2, 0) is 16.4 Å². The zero-order valence-corrected chi connectivity index (χ0v) is 17.1. The Hall–Kier alpha value is -1.64. The highest BCUT2D eigenvalue weighted by Crippen LogP contribution is 2.26. The van der Waals surface area contributed by atoms with E-state index < -0.39 is 16.1 Å². The molecule has 0 bridgehead atoms. The fourth-order valence-corrected chi connectivity index (χ4v) is 3.42. The summed E-state index contributed by atoms with van der Waals surface area (Å²) in [5.41, 5.74) is 1.74. The highest BCUT2D eigenvalue weighted by Gasteiger charge is 2.18. The number of sulfonamides is 1. The second-order valence-corrected chi connectivity index (χ2v) is 7.83. The molecule has 0 saturated carbocycles. The minimum Gasteiger partial charge on any atom is -0.495 e. The molecule has 150 valence electrons. The van der Waals surface area contributed by atoms with Crippen molar-refractivity contribution < 1.29 is 18.3 Å². The molecule has 8 heteroatoms. The van der Waals surface area contributed by atoms with Crippen molar-refractivity contribution >= 4 is 22.4 Å². The molecule has 2 atom stereocenters. The number of primary sulfonamides is 1. The maximum atomic E-state index is 11.7. The minimum absolute atomic E-state index is 0. The van der Waals surface area contributed by atoms with Crippen LogP contribution >= 0.6 is 12.4 Å². The van der Waals surface area contributed by atoms with Gasteiger partial charge in [0.1, 0.15) is 10.6 Å². The fourth-order valence-electron chi connectivity index (χ4n) is 2.68. The van der Waals surface area contributed by atoms with Gasteiger partial charge in [-0.3, -0.25) is 0 Å². The van der Waals surface area contributed by atoms with Gasteiger partial charge in [-0.05, 0) is 43.0 Å². The second-order valence-electron chi connectivity index (χ2n) is 6.30. The summed E-state index contributed by atoms with van der Waals surface area (Å²) in [6.07, 6.45) is 1.03. The molecule has 0 spiro atoms. The number of nitrogens with one attached hydrogen (secondary N) is 1. The predicted octanol–water partition coefficient (Wildman–Crippen LogP) is 2.41. The summed E-state index contributed by atoms with van der Waals surface area (Å²) in [7, 11) is -2.56. The number of hydrogen-bond donors (Lipinski definition) is 3. The number of aliphatic hydroxyl groups excluding tert-OH is 1. The summed E-state index contributed by atoms with van der Waals surface area (Å²) in [5, 5.41) is 18.9. The molecule has 0 aliphatic carbocycles. The molecule has 2 aromatic rings. The molecule has 0 heterocycles. The third-order valence-electron chi connectivity index (χ3n) is 4.25. The van der Waals surface area contributed by atoms with Gasteiger partial charge in [0.25, 0.3) is 0 Å². The van der Waals surface area contributed by atoms with E-state index in [2.05, 4.69) is 24.4 Å². The van der Waals surface area contributed by atoms with Crippen LogP contribution < -0.4 is 15.2 Å². The van der Waals surface area contributed by atoms with E-state index in [1.807, 2.05) is 18.2 Å². The third kappa shape index (κ3) is 7.12. The van der Waals surface area contributed by atoms with Crippen LogP contribution in [0.2, 0.25) is 0 Å². The van der Waals surface area contributed by atoms with Crippen LogP contribution in [0, 0.1) is 0 Å². The van der Waals surface area contributed by atoms with Gasteiger partial charge in [-0.2, -0.15) is 0 Å². The van der Waals surface area contributed by atoms with E-state index in [0.717, 1.165) is 12.8 Å². The minimum atomic E-state index is -3.93. The third-order valence-corrected chi connectivity index (χ3v) is 5.18. The number of hydrogen-bond acceptors (Lipinski definition) is 5. The number of aliphatic hydroxyl groups is 1. The summed E-state index contributed by atoms with van der Waals surface area (Å²) in [5.74, 6) is 0.160. The molecule has 0 aliphatic rings. The number of nitrogens with two attached hydrogens (primary N) is 1. The highest BCUT2D eigenvalue weighted by molar-refractivity contribution is 7.89. The predicted molar refractivity (Wildman–Crippen MR) is 109 cm³/mol. The van der Waals surface area contributed by atoms with Crippen LogP contribution in [0.1, 0.15) is 30.6 Å². The smallest absolute Gasteiger partial charge is 0.241 e. The maximum Gasteiger partial charge on any atom is 0.241 e. The van der Waals surface area contributed by atoms with E-state index >= 15 is 0 Å². The van der Waals surface area contributed by atoms with Crippen LogP contribution in [0.25, 0.3) is 0 Å². The van der Waals surface area contributed by atoms with Crippen molar-refractivity contribution in [1.82, 2.24) is 5.32 Å². The molecular formula is C19H27ClN2O4S. The first-order valence-electron chi connectivity index (χ1n) is 8.47. The zero-order chi connectivity index (χ0) is 19.2. The molecule has 0 amide bonds. The molecule has 0 aliphatic heterocycles. The first kappa shape index (κ1) is 23.4.